The minimum absolute atomic E-state index is 0.0392. The van der Waals surface area contributed by atoms with E-state index in [1.54, 1.807) is 0 Å². The minimum atomic E-state index is 0.0392. The van der Waals surface area contributed by atoms with E-state index in [9.17, 15) is 4.79 Å². The Morgan fingerprint density at radius 2 is 2.15 bits per heavy atom. The van der Waals surface area contributed by atoms with Gasteiger partial charge in [-0.25, -0.2) is 0 Å². The first-order chi connectivity index (χ1) is 12.7. The first-order valence-corrected chi connectivity index (χ1v) is 9.46. The molecule has 1 saturated heterocycles. The molecule has 0 saturated carbocycles. The number of carbonyl (C=O) groups is 1. The molecule has 1 fully saturated rings. The zero-order valence-electron chi connectivity index (χ0n) is 15.2. The van der Waals surface area contributed by atoms with E-state index in [0.29, 0.717) is 12.2 Å². The maximum absolute atomic E-state index is 13.1. The monoisotopic (exact) mass is 351 g/mol. The number of aryl methyl sites for hydroxylation is 2. The van der Waals surface area contributed by atoms with Gasteiger partial charge in [-0.3, -0.25) is 4.79 Å². The largest absolute Gasteiger partial charge is 0.491 e. The fraction of sp³-hybridized carbons (Fsp3) is 0.409. The summed E-state index contributed by atoms with van der Waals surface area (Å²) in [5.41, 5.74) is 4.21. The van der Waals surface area contributed by atoms with E-state index in [4.69, 9.17) is 9.47 Å². The summed E-state index contributed by atoms with van der Waals surface area (Å²) in [5, 5.41) is 0. The van der Waals surface area contributed by atoms with Crippen molar-refractivity contribution in [2.45, 2.75) is 38.7 Å². The predicted molar refractivity (Wildman–Crippen MR) is 102 cm³/mol. The number of ether oxygens (including phenoxy) is 2. The second-order valence-electron chi connectivity index (χ2n) is 7.17. The highest BCUT2D eigenvalue weighted by atomic mass is 16.5. The van der Waals surface area contributed by atoms with E-state index in [1.807, 2.05) is 29.2 Å². The number of hydrogen-bond acceptors (Lipinski definition) is 3. The van der Waals surface area contributed by atoms with Gasteiger partial charge < -0.3 is 14.4 Å². The van der Waals surface area contributed by atoms with Crippen LogP contribution in [0.5, 0.6) is 5.75 Å². The van der Waals surface area contributed by atoms with Crippen molar-refractivity contribution < 1.29 is 14.3 Å². The van der Waals surface area contributed by atoms with Gasteiger partial charge in [0.1, 0.15) is 12.4 Å². The molecule has 2 aromatic carbocycles. The normalized spacial score (nSPS) is 19.3. The van der Waals surface area contributed by atoms with Crippen molar-refractivity contribution in [3.63, 3.8) is 0 Å². The molecule has 0 spiro atoms. The minimum Gasteiger partial charge on any atom is -0.491 e. The topological polar surface area (TPSA) is 38.8 Å². The first kappa shape index (κ1) is 17.1. The van der Waals surface area contributed by atoms with Gasteiger partial charge in [0, 0.05) is 24.4 Å². The third-order valence-electron chi connectivity index (χ3n) is 5.14. The van der Waals surface area contributed by atoms with E-state index in [1.165, 1.54) is 11.1 Å². The molecule has 0 aromatic heterocycles. The van der Waals surface area contributed by atoms with E-state index < -0.39 is 0 Å². The van der Waals surface area contributed by atoms with Gasteiger partial charge in [-0.1, -0.05) is 23.8 Å². The lowest BCUT2D eigenvalue weighted by Crippen LogP contribution is -2.35. The number of rotatable bonds is 4. The van der Waals surface area contributed by atoms with Crippen molar-refractivity contribution in [3.05, 3.63) is 59.2 Å². The standard InChI is InChI=1S/C22H25NO3/c1-16-9-10-21-17(13-16)6-3-11-23(21)22(24)18-5-2-7-19(14-18)26-15-20-8-4-12-25-20/h2,5,7,9-10,13-14,20H,3-4,6,8,11-12,15H2,1H3. The molecule has 2 aliphatic heterocycles. The summed E-state index contributed by atoms with van der Waals surface area (Å²) in [6.07, 6.45) is 4.35. The average molecular weight is 351 g/mol. The first-order valence-electron chi connectivity index (χ1n) is 9.46. The van der Waals surface area contributed by atoms with Crippen LogP contribution < -0.4 is 9.64 Å². The molecular formula is C22H25NO3. The third kappa shape index (κ3) is 3.61. The van der Waals surface area contributed by atoms with E-state index >= 15 is 0 Å². The molecule has 2 aromatic rings. The molecule has 26 heavy (non-hydrogen) atoms. The maximum Gasteiger partial charge on any atom is 0.258 e. The highest BCUT2D eigenvalue weighted by Crippen LogP contribution is 2.30. The lowest BCUT2D eigenvalue weighted by Gasteiger charge is -2.30. The number of benzene rings is 2. The SMILES string of the molecule is Cc1ccc2c(c1)CCCN2C(=O)c1cccc(OCC2CCCO2)c1. The molecule has 136 valence electrons. The summed E-state index contributed by atoms with van der Waals surface area (Å²) >= 11 is 0. The fourth-order valence-corrected chi connectivity index (χ4v) is 3.78. The van der Waals surface area contributed by atoms with Crippen molar-refractivity contribution in [2.75, 3.05) is 24.7 Å². The van der Waals surface area contributed by atoms with Gasteiger partial charge in [0.15, 0.2) is 0 Å². The number of nitrogens with zero attached hydrogens (tertiary/aromatic N) is 1. The summed E-state index contributed by atoms with van der Waals surface area (Å²) in [7, 11) is 0. The number of anilines is 1. The van der Waals surface area contributed by atoms with Crippen molar-refractivity contribution >= 4 is 11.6 Å². The van der Waals surface area contributed by atoms with Gasteiger partial charge in [0.2, 0.25) is 0 Å². The van der Waals surface area contributed by atoms with Gasteiger partial charge in [-0.2, -0.15) is 0 Å². The third-order valence-corrected chi connectivity index (χ3v) is 5.14. The van der Waals surface area contributed by atoms with Crippen molar-refractivity contribution in [1.82, 2.24) is 0 Å². The smallest absolute Gasteiger partial charge is 0.258 e. The van der Waals surface area contributed by atoms with Crippen LogP contribution in [0.25, 0.3) is 0 Å². The average Bonchev–Trinajstić information content (AvgIpc) is 3.19. The second kappa shape index (κ2) is 7.50. The Labute approximate surface area is 154 Å². The van der Waals surface area contributed by atoms with E-state index in [0.717, 1.165) is 50.3 Å². The molecule has 1 unspecified atom stereocenters. The Kier molecular flexibility index (Phi) is 4.93. The predicted octanol–water partition coefficient (Wildman–Crippen LogP) is 4.15. The van der Waals surface area contributed by atoms with Crippen LogP contribution in [-0.2, 0) is 11.2 Å². The van der Waals surface area contributed by atoms with Crippen LogP contribution in [-0.4, -0.2) is 31.8 Å². The van der Waals surface area contributed by atoms with Gasteiger partial charge in [-0.05, 0) is 62.4 Å². The summed E-state index contributed by atoms with van der Waals surface area (Å²) in [5.74, 6) is 0.768. The van der Waals surface area contributed by atoms with E-state index in [-0.39, 0.29) is 12.0 Å². The van der Waals surface area contributed by atoms with Gasteiger partial charge in [0.05, 0.1) is 6.10 Å². The molecule has 4 heteroatoms. The zero-order chi connectivity index (χ0) is 17.9. The molecule has 2 aliphatic rings. The van der Waals surface area contributed by atoms with Gasteiger partial charge in [0.25, 0.3) is 5.91 Å². The Bertz CT molecular complexity index is 796. The Balaban J connectivity index is 1.51. The number of amides is 1. The van der Waals surface area contributed by atoms with Crippen LogP contribution in [0.1, 0.15) is 40.7 Å². The molecule has 1 amide bonds. The second-order valence-corrected chi connectivity index (χ2v) is 7.17. The molecule has 1 atom stereocenters. The number of carbonyl (C=O) groups excluding carboxylic acids is 1. The fourth-order valence-electron chi connectivity index (χ4n) is 3.78. The maximum atomic E-state index is 13.1. The molecule has 0 aliphatic carbocycles. The van der Waals surface area contributed by atoms with Crippen LogP contribution in [0.15, 0.2) is 42.5 Å². The van der Waals surface area contributed by atoms with Gasteiger partial charge in [-0.15, -0.1) is 0 Å². The van der Waals surface area contributed by atoms with E-state index in [2.05, 4.69) is 25.1 Å². The summed E-state index contributed by atoms with van der Waals surface area (Å²) in [4.78, 5) is 15.0. The lowest BCUT2D eigenvalue weighted by molar-refractivity contribution is 0.0679. The van der Waals surface area contributed by atoms with Crippen molar-refractivity contribution in [1.29, 1.82) is 0 Å². The van der Waals surface area contributed by atoms with Crippen LogP contribution in [0.2, 0.25) is 0 Å². The molecule has 0 bridgehead atoms. The van der Waals surface area contributed by atoms with Crippen LogP contribution in [0.4, 0.5) is 5.69 Å². The molecule has 4 nitrogen and oxygen atoms in total. The molecule has 0 radical (unpaired) electrons. The van der Waals surface area contributed by atoms with Crippen LogP contribution in [0.3, 0.4) is 0 Å². The highest BCUT2D eigenvalue weighted by molar-refractivity contribution is 6.07. The summed E-state index contributed by atoms with van der Waals surface area (Å²) in [6, 6.07) is 13.8. The zero-order valence-corrected chi connectivity index (χ0v) is 15.2. The van der Waals surface area contributed by atoms with Crippen LogP contribution >= 0.6 is 0 Å². The molecule has 0 N–H and O–H groups in total. The van der Waals surface area contributed by atoms with Crippen LogP contribution in [0, 0.1) is 6.92 Å². The van der Waals surface area contributed by atoms with Crippen molar-refractivity contribution in [3.8, 4) is 5.75 Å². The van der Waals surface area contributed by atoms with Gasteiger partial charge >= 0.3 is 0 Å². The summed E-state index contributed by atoms with van der Waals surface area (Å²) < 4.78 is 11.5. The molecule has 2 heterocycles. The summed E-state index contributed by atoms with van der Waals surface area (Å²) in [6.45, 7) is 4.22. The molecular weight excluding hydrogens is 326 g/mol. The Morgan fingerprint density at radius 3 is 3.00 bits per heavy atom. The Morgan fingerprint density at radius 1 is 1.23 bits per heavy atom. The number of fused-ring (bicyclic) bond motifs is 1. The quantitative estimate of drug-likeness (QED) is 0.831. The molecule has 4 rings (SSSR count). The number of hydrogen-bond donors (Lipinski definition) is 0. The highest BCUT2D eigenvalue weighted by Gasteiger charge is 2.24. The lowest BCUT2D eigenvalue weighted by atomic mass is 9.99. The Hall–Kier alpha value is -2.33. The van der Waals surface area contributed by atoms with Crippen molar-refractivity contribution in [2.24, 2.45) is 0 Å².